The Morgan fingerprint density at radius 1 is 1.36 bits per heavy atom. The molecule has 84 valence electrons. The highest BCUT2D eigenvalue weighted by molar-refractivity contribution is 4.85. The topological polar surface area (TPSA) is 29.5 Å². The van der Waals surface area contributed by atoms with Gasteiger partial charge in [-0.2, -0.15) is 0 Å². The molecule has 0 rings (SSSR count). The van der Waals surface area contributed by atoms with Gasteiger partial charge in [-0.05, 0) is 18.8 Å². The Bertz CT molecular complexity index is 143. The highest BCUT2D eigenvalue weighted by Gasteiger charge is 2.14. The predicted octanol–water partition coefficient (Wildman–Crippen LogP) is 2.77. The number of aliphatic hydroxyl groups excluding tert-OH is 1. The fourth-order valence-corrected chi connectivity index (χ4v) is 1.58. The first-order valence-corrected chi connectivity index (χ1v) is 5.54. The molecule has 1 N–H and O–H groups in total. The van der Waals surface area contributed by atoms with E-state index in [1.54, 1.807) is 13.2 Å². The molecule has 0 aliphatic heterocycles. The molecule has 0 fully saturated rings. The summed E-state index contributed by atoms with van der Waals surface area (Å²) in [5.74, 6) is 0.600. The fraction of sp³-hybridized carbons (Fsp3) is 0.833. The largest absolute Gasteiger partial charge is 0.392 e. The summed E-state index contributed by atoms with van der Waals surface area (Å²) in [7, 11) is 1.76. The highest BCUT2D eigenvalue weighted by Crippen LogP contribution is 2.17. The van der Waals surface area contributed by atoms with Crippen LogP contribution >= 0.6 is 0 Å². The van der Waals surface area contributed by atoms with E-state index in [2.05, 4.69) is 13.8 Å². The van der Waals surface area contributed by atoms with Crippen LogP contribution in [0.2, 0.25) is 0 Å². The second-order valence-corrected chi connectivity index (χ2v) is 3.78. The first-order valence-electron chi connectivity index (χ1n) is 5.54. The third-order valence-corrected chi connectivity index (χ3v) is 2.59. The van der Waals surface area contributed by atoms with Crippen LogP contribution in [0.25, 0.3) is 0 Å². The minimum Gasteiger partial charge on any atom is -0.392 e. The second kappa shape index (κ2) is 9.22. The van der Waals surface area contributed by atoms with E-state index in [1.165, 1.54) is 19.3 Å². The molecule has 2 unspecified atom stereocenters. The van der Waals surface area contributed by atoms with Crippen molar-refractivity contribution in [2.24, 2.45) is 5.92 Å². The Balaban J connectivity index is 3.79. The van der Waals surface area contributed by atoms with Gasteiger partial charge in [0, 0.05) is 7.11 Å². The van der Waals surface area contributed by atoms with Crippen LogP contribution in [-0.4, -0.2) is 24.9 Å². The summed E-state index contributed by atoms with van der Waals surface area (Å²) in [6, 6.07) is 0. The average Bonchev–Trinajstić information content (AvgIpc) is 2.21. The van der Waals surface area contributed by atoms with Crippen molar-refractivity contribution >= 4 is 0 Å². The smallest absolute Gasteiger partial charge is 0.0631 e. The van der Waals surface area contributed by atoms with Crippen molar-refractivity contribution in [1.29, 1.82) is 0 Å². The minimum atomic E-state index is 0.125. The van der Waals surface area contributed by atoms with E-state index in [0.29, 0.717) is 12.0 Å². The van der Waals surface area contributed by atoms with Crippen LogP contribution in [0.4, 0.5) is 0 Å². The molecule has 0 aromatic carbocycles. The zero-order valence-electron chi connectivity index (χ0n) is 9.70. The maximum Gasteiger partial charge on any atom is 0.0631 e. The van der Waals surface area contributed by atoms with E-state index in [9.17, 15) is 0 Å². The maximum atomic E-state index is 8.60. The van der Waals surface area contributed by atoms with Gasteiger partial charge in [-0.1, -0.05) is 38.8 Å². The van der Waals surface area contributed by atoms with Crippen molar-refractivity contribution in [2.75, 3.05) is 13.7 Å². The van der Waals surface area contributed by atoms with Gasteiger partial charge in [0.05, 0.1) is 12.7 Å². The third-order valence-electron chi connectivity index (χ3n) is 2.59. The van der Waals surface area contributed by atoms with Crippen LogP contribution in [0.5, 0.6) is 0 Å². The van der Waals surface area contributed by atoms with E-state index in [-0.39, 0.29) is 6.61 Å². The molecular formula is C12H24O2. The molecule has 0 saturated heterocycles. The lowest BCUT2D eigenvalue weighted by Gasteiger charge is -2.21. The van der Waals surface area contributed by atoms with Crippen molar-refractivity contribution in [2.45, 2.75) is 45.6 Å². The van der Waals surface area contributed by atoms with Crippen LogP contribution in [0, 0.1) is 5.92 Å². The Morgan fingerprint density at radius 2 is 2.07 bits per heavy atom. The van der Waals surface area contributed by atoms with Gasteiger partial charge in [0.1, 0.15) is 0 Å². The number of aliphatic hydroxyl groups is 1. The van der Waals surface area contributed by atoms with Gasteiger partial charge in [-0.25, -0.2) is 0 Å². The number of methoxy groups -OCH3 is 1. The van der Waals surface area contributed by atoms with Crippen LogP contribution in [0.1, 0.15) is 39.5 Å². The zero-order valence-corrected chi connectivity index (χ0v) is 9.70. The fourth-order valence-electron chi connectivity index (χ4n) is 1.58. The molecule has 0 aliphatic rings. The molecule has 0 amide bonds. The summed E-state index contributed by atoms with van der Waals surface area (Å²) in [4.78, 5) is 0. The van der Waals surface area contributed by atoms with Crippen LogP contribution in [-0.2, 0) is 4.74 Å². The predicted molar refractivity (Wildman–Crippen MR) is 60.3 cm³/mol. The number of hydrogen-bond donors (Lipinski definition) is 1. The molecule has 2 heteroatoms. The minimum absolute atomic E-state index is 0.125. The molecule has 0 heterocycles. The lowest BCUT2D eigenvalue weighted by Crippen LogP contribution is -2.19. The molecule has 14 heavy (non-hydrogen) atoms. The van der Waals surface area contributed by atoms with Crippen molar-refractivity contribution in [3.63, 3.8) is 0 Å². The van der Waals surface area contributed by atoms with Crippen LogP contribution in [0.3, 0.4) is 0 Å². The SMILES string of the molecule is CCCCC(C)C(CC=CCO)OC. The highest BCUT2D eigenvalue weighted by atomic mass is 16.5. The first-order chi connectivity index (χ1) is 6.76. The maximum absolute atomic E-state index is 8.60. The quantitative estimate of drug-likeness (QED) is 0.610. The molecular weight excluding hydrogens is 176 g/mol. The number of ether oxygens (including phenoxy) is 1. The van der Waals surface area contributed by atoms with Gasteiger partial charge in [0.2, 0.25) is 0 Å². The Labute approximate surface area is 88.0 Å². The van der Waals surface area contributed by atoms with Crippen molar-refractivity contribution in [1.82, 2.24) is 0 Å². The van der Waals surface area contributed by atoms with Gasteiger partial charge < -0.3 is 9.84 Å². The molecule has 0 aromatic rings. The van der Waals surface area contributed by atoms with Crippen molar-refractivity contribution in [3.05, 3.63) is 12.2 Å². The molecule has 0 bridgehead atoms. The lowest BCUT2D eigenvalue weighted by atomic mass is 9.95. The molecule has 0 aromatic heterocycles. The van der Waals surface area contributed by atoms with Gasteiger partial charge in [0.25, 0.3) is 0 Å². The Morgan fingerprint density at radius 3 is 2.57 bits per heavy atom. The van der Waals surface area contributed by atoms with Gasteiger partial charge in [0.15, 0.2) is 0 Å². The van der Waals surface area contributed by atoms with Crippen molar-refractivity contribution < 1.29 is 9.84 Å². The van der Waals surface area contributed by atoms with Crippen LogP contribution < -0.4 is 0 Å². The third kappa shape index (κ3) is 6.17. The van der Waals surface area contributed by atoms with Crippen LogP contribution in [0.15, 0.2) is 12.2 Å². The Kier molecular flexibility index (Phi) is 9.00. The standard InChI is InChI=1S/C12H24O2/c1-4-5-8-11(2)12(14-3)9-6-7-10-13/h6-7,11-13H,4-5,8-10H2,1-3H3. The van der Waals surface area contributed by atoms with E-state index in [0.717, 1.165) is 6.42 Å². The average molecular weight is 200 g/mol. The summed E-state index contributed by atoms with van der Waals surface area (Å²) >= 11 is 0. The summed E-state index contributed by atoms with van der Waals surface area (Å²) in [5, 5.41) is 8.60. The summed E-state index contributed by atoms with van der Waals surface area (Å²) in [6.45, 7) is 4.57. The molecule has 0 aliphatic carbocycles. The summed E-state index contributed by atoms with van der Waals surface area (Å²) < 4.78 is 5.42. The second-order valence-electron chi connectivity index (χ2n) is 3.78. The van der Waals surface area contributed by atoms with E-state index >= 15 is 0 Å². The van der Waals surface area contributed by atoms with E-state index < -0.39 is 0 Å². The molecule has 0 saturated carbocycles. The number of hydrogen-bond acceptors (Lipinski definition) is 2. The molecule has 0 radical (unpaired) electrons. The van der Waals surface area contributed by atoms with Gasteiger partial charge in [-0.15, -0.1) is 0 Å². The van der Waals surface area contributed by atoms with Gasteiger partial charge in [-0.3, -0.25) is 0 Å². The first kappa shape index (κ1) is 13.7. The van der Waals surface area contributed by atoms with Crippen molar-refractivity contribution in [3.8, 4) is 0 Å². The summed E-state index contributed by atoms with van der Waals surface area (Å²) in [6.07, 6.45) is 8.71. The number of unbranched alkanes of at least 4 members (excludes halogenated alkanes) is 1. The molecule has 0 spiro atoms. The Hall–Kier alpha value is -0.340. The zero-order chi connectivity index (χ0) is 10.8. The number of rotatable bonds is 8. The summed E-state index contributed by atoms with van der Waals surface area (Å²) in [5.41, 5.74) is 0. The molecule has 2 nitrogen and oxygen atoms in total. The lowest BCUT2D eigenvalue weighted by molar-refractivity contribution is 0.0569. The van der Waals surface area contributed by atoms with E-state index in [4.69, 9.17) is 9.84 Å². The van der Waals surface area contributed by atoms with E-state index in [1.807, 2.05) is 6.08 Å². The van der Waals surface area contributed by atoms with Gasteiger partial charge >= 0.3 is 0 Å². The normalized spacial score (nSPS) is 16.0. The monoisotopic (exact) mass is 200 g/mol. The molecule has 2 atom stereocenters.